The van der Waals surface area contributed by atoms with Crippen LogP contribution in [0.4, 0.5) is 20.4 Å². The van der Waals surface area contributed by atoms with Crippen molar-refractivity contribution in [2.45, 2.75) is 50.7 Å². The number of rotatable bonds is 15. The fourth-order valence-electron chi connectivity index (χ4n) is 4.80. The van der Waals surface area contributed by atoms with E-state index in [2.05, 4.69) is 32.7 Å². The van der Waals surface area contributed by atoms with Gasteiger partial charge in [-0.05, 0) is 74.9 Å². The van der Waals surface area contributed by atoms with Crippen molar-refractivity contribution >= 4 is 28.5 Å². The van der Waals surface area contributed by atoms with E-state index >= 15 is 0 Å². The van der Waals surface area contributed by atoms with Crippen LogP contribution in [0.3, 0.4) is 0 Å². The van der Waals surface area contributed by atoms with Gasteiger partial charge in [0.2, 0.25) is 0 Å². The minimum atomic E-state index is -1.06. The summed E-state index contributed by atoms with van der Waals surface area (Å²) in [5.41, 5.74) is 2.81. The van der Waals surface area contributed by atoms with Gasteiger partial charge in [-0.25, -0.2) is 28.5 Å². The molecule has 0 radical (unpaired) electrons. The number of anilines is 2. The van der Waals surface area contributed by atoms with Crippen molar-refractivity contribution in [3.05, 3.63) is 53.7 Å². The highest BCUT2D eigenvalue weighted by atomic mass is 19.1. The molecule has 3 N–H and O–H groups in total. The van der Waals surface area contributed by atoms with E-state index in [0.29, 0.717) is 30.5 Å². The SMILES string of the molecule is CO[C@H](CF)CN(CCCCc1ccc2c(n1)NCCC2)CC[C@H](Nc1ncnc2ccc(F)cc12)C(=O)O. The van der Waals surface area contributed by atoms with Crippen LogP contribution in [0.1, 0.15) is 36.9 Å². The number of hydrogen-bond donors (Lipinski definition) is 3. The third-order valence-corrected chi connectivity index (χ3v) is 7.02. The van der Waals surface area contributed by atoms with Gasteiger partial charge in [0.15, 0.2) is 0 Å². The number of aromatic nitrogens is 3. The number of fused-ring (bicyclic) bond motifs is 2. The van der Waals surface area contributed by atoms with Gasteiger partial charge in [-0.1, -0.05) is 6.07 Å². The Labute approximate surface area is 227 Å². The summed E-state index contributed by atoms with van der Waals surface area (Å²) >= 11 is 0. The molecular formula is C28H36F2N6O3. The Balaban J connectivity index is 1.35. The summed E-state index contributed by atoms with van der Waals surface area (Å²) in [6.07, 6.45) is 5.70. The maximum Gasteiger partial charge on any atom is 0.326 e. The lowest BCUT2D eigenvalue weighted by molar-refractivity contribution is -0.138. The number of halogens is 2. The van der Waals surface area contributed by atoms with Crippen LogP contribution in [0.15, 0.2) is 36.7 Å². The maximum atomic E-state index is 13.8. The number of methoxy groups -OCH3 is 1. The van der Waals surface area contributed by atoms with Crippen molar-refractivity contribution in [1.82, 2.24) is 19.9 Å². The number of ether oxygens (including phenoxy) is 1. The van der Waals surface area contributed by atoms with Crippen molar-refractivity contribution in [3.8, 4) is 0 Å². The van der Waals surface area contributed by atoms with E-state index in [1.54, 1.807) is 0 Å². The first-order chi connectivity index (χ1) is 19.0. The monoisotopic (exact) mass is 542 g/mol. The number of benzene rings is 1. The van der Waals surface area contributed by atoms with Crippen molar-refractivity contribution in [2.75, 3.05) is 50.6 Å². The van der Waals surface area contributed by atoms with E-state index in [1.165, 1.54) is 37.2 Å². The van der Waals surface area contributed by atoms with Gasteiger partial charge in [-0.15, -0.1) is 0 Å². The molecule has 1 aliphatic rings. The Bertz CT molecular complexity index is 1240. The summed E-state index contributed by atoms with van der Waals surface area (Å²) in [4.78, 5) is 27.1. The van der Waals surface area contributed by atoms with Gasteiger partial charge >= 0.3 is 5.97 Å². The summed E-state index contributed by atoms with van der Waals surface area (Å²) in [6.45, 7) is 1.74. The van der Waals surface area contributed by atoms with E-state index in [4.69, 9.17) is 9.72 Å². The summed E-state index contributed by atoms with van der Waals surface area (Å²) in [5, 5.41) is 16.6. The average molecular weight is 543 g/mol. The van der Waals surface area contributed by atoms with Crippen LogP contribution in [-0.2, 0) is 22.4 Å². The van der Waals surface area contributed by atoms with E-state index in [-0.39, 0.29) is 12.2 Å². The van der Waals surface area contributed by atoms with Crippen LogP contribution in [0.2, 0.25) is 0 Å². The summed E-state index contributed by atoms with van der Waals surface area (Å²) in [7, 11) is 1.47. The first-order valence-electron chi connectivity index (χ1n) is 13.4. The lowest BCUT2D eigenvalue weighted by atomic mass is 10.1. The molecule has 3 heterocycles. The highest BCUT2D eigenvalue weighted by molar-refractivity contribution is 5.90. The molecule has 0 unspecified atom stereocenters. The molecule has 4 rings (SSSR count). The Morgan fingerprint density at radius 1 is 1.23 bits per heavy atom. The number of nitrogens with zero attached hydrogens (tertiary/aromatic N) is 4. The Morgan fingerprint density at radius 3 is 2.90 bits per heavy atom. The molecule has 0 amide bonds. The number of pyridine rings is 1. The molecule has 0 spiro atoms. The van der Waals surface area contributed by atoms with Crippen molar-refractivity contribution < 1.29 is 23.4 Å². The van der Waals surface area contributed by atoms with Crippen molar-refractivity contribution in [1.29, 1.82) is 0 Å². The number of carbonyl (C=O) groups is 1. The van der Waals surface area contributed by atoms with Crippen LogP contribution in [0.5, 0.6) is 0 Å². The molecule has 2 aromatic heterocycles. The summed E-state index contributed by atoms with van der Waals surface area (Å²) < 4.78 is 32.5. The second kappa shape index (κ2) is 14.1. The maximum absolute atomic E-state index is 13.8. The molecule has 2 atom stereocenters. The topological polar surface area (TPSA) is 113 Å². The largest absolute Gasteiger partial charge is 0.480 e. The lowest BCUT2D eigenvalue weighted by Gasteiger charge is -2.27. The van der Waals surface area contributed by atoms with Gasteiger partial charge in [0.25, 0.3) is 0 Å². The molecule has 0 aliphatic carbocycles. The molecule has 3 aromatic rings. The van der Waals surface area contributed by atoms with Crippen LogP contribution in [0.25, 0.3) is 10.9 Å². The second-order valence-corrected chi connectivity index (χ2v) is 9.82. The van der Waals surface area contributed by atoms with Crippen LogP contribution < -0.4 is 10.6 Å². The number of carboxylic acids is 1. The standard InChI is InChI=1S/C28H36F2N6O3/c1-39-22(16-29)17-36(13-3-2-6-21-9-7-19-5-4-12-31-26(19)34-21)14-11-25(28(37)38)35-27-23-15-20(30)8-10-24(23)32-18-33-27/h7-10,15,18,22,25H,2-6,11-14,16-17H2,1H3,(H,31,34)(H,37,38)(H,32,33,35)/t22-,25+/m1/s1. The third-order valence-electron chi connectivity index (χ3n) is 7.02. The second-order valence-electron chi connectivity index (χ2n) is 9.82. The van der Waals surface area contributed by atoms with Crippen molar-refractivity contribution in [3.63, 3.8) is 0 Å². The quantitative estimate of drug-likeness (QED) is 0.245. The Morgan fingerprint density at radius 2 is 2.10 bits per heavy atom. The number of unbranched alkanes of at least 4 members (excludes halogenated alkanes) is 1. The minimum Gasteiger partial charge on any atom is -0.480 e. The van der Waals surface area contributed by atoms with E-state index in [9.17, 15) is 18.7 Å². The number of hydrogen-bond acceptors (Lipinski definition) is 8. The van der Waals surface area contributed by atoms with Gasteiger partial charge in [0, 0.05) is 37.8 Å². The van der Waals surface area contributed by atoms with Gasteiger partial charge in [0.05, 0.1) is 11.6 Å². The van der Waals surface area contributed by atoms with Gasteiger partial charge < -0.3 is 25.4 Å². The molecule has 0 fully saturated rings. The number of nitrogens with one attached hydrogen (secondary N) is 2. The molecule has 11 heteroatoms. The Kier molecular flexibility index (Phi) is 10.3. The zero-order chi connectivity index (χ0) is 27.6. The third kappa shape index (κ3) is 8.03. The molecule has 210 valence electrons. The van der Waals surface area contributed by atoms with Gasteiger partial charge in [0.1, 0.15) is 36.5 Å². The van der Waals surface area contributed by atoms with E-state index in [0.717, 1.165) is 50.2 Å². The Hall–Kier alpha value is -3.44. The number of aliphatic carboxylic acids is 1. The molecule has 0 saturated heterocycles. The number of alkyl halides is 1. The molecule has 9 nitrogen and oxygen atoms in total. The molecule has 39 heavy (non-hydrogen) atoms. The molecule has 0 saturated carbocycles. The first-order valence-corrected chi connectivity index (χ1v) is 13.4. The van der Waals surface area contributed by atoms with Crippen LogP contribution in [-0.4, -0.2) is 83.0 Å². The van der Waals surface area contributed by atoms with Crippen molar-refractivity contribution in [2.24, 2.45) is 0 Å². The van der Waals surface area contributed by atoms with Crippen LogP contribution >= 0.6 is 0 Å². The molecule has 1 aliphatic heterocycles. The van der Waals surface area contributed by atoms with Gasteiger partial charge in [-0.3, -0.25) is 0 Å². The van der Waals surface area contributed by atoms with E-state index < -0.39 is 30.6 Å². The predicted molar refractivity (Wildman–Crippen MR) is 146 cm³/mol. The number of carboxylic acid groups (broad SMARTS) is 1. The molecule has 1 aromatic carbocycles. The summed E-state index contributed by atoms with van der Waals surface area (Å²) in [6, 6.07) is 7.34. The minimum absolute atomic E-state index is 0.233. The smallest absolute Gasteiger partial charge is 0.326 e. The normalized spacial score (nSPS) is 14.6. The van der Waals surface area contributed by atoms with E-state index in [1.807, 2.05) is 4.90 Å². The zero-order valence-corrected chi connectivity index (χ0v) is 22.2. The van der Waals surface area contributed by atoms with Crippen LogP contribution in [0, 0.1) is 5.82 Å². The predicted octanol–water partition coefficient (Wildman–Crippen LogP) is 4.09. The average Bonchev–Trinajstić information content (AvgIpc) is 2.95. The first kappa shape index (κ1) is 28.6. The summed E-state index contributed by atoms with van der Waals surface area (Å²) in [5.74, 6) is -0.280. The fraction of sp³-hybridized carbons (Fsp3) is 0.500. The fourth-order valence-corrected chi connectivity index (χ4v) is 4.80. The zero-order valence-electron chi connectivity index (χ0n) is 22.2. The lowest BCUT2D eigenvalue weighted by Crippen LogP contribution is -2.39. The molecule has 0 bridgehead atoms. The van der Waals surface area contributed by atoms with Gasteiger partial charge in [-0.2, -0.15) is 0 Å². The highest BCUT2D eigenvalue weighted by Gasteiger charge is 2.22. The highest BCUT2D eigenvalue weighted by Crippen LogP contribution is 2.22. The number of aryl methyl sites for hydroxylation is 2. The molecular weight excluding hydrogens is 506 g/mol.